The molecule has 1 heterocycles. The fourth-order valence-electron chi connectivity index (χ4n) is 2.96. The van der Waals surface area contributed by atoms with Crippen LogP contribution in [-0.2, 0) is 9.59 Å². The van der Waals surface area contributed by atoms with Gasteiger partial charge in [0.25, 0.3) is 5.91 Å². The second kappa shape index (κ2) is 9.03. The number of ether oxygens (including phenoxy) is 1. The Labute approximate surface area is 173 Å². The van der Waals surface area contributed by atoms with Gasteiger partial charge in [0.05, 0.1) is 12.0 Å². The Hall–Kier alpha value is -2.64. The van der Waals surface area contributed by atoms with E-state index in [0.717, 1.165) is 22.4 Å². The SMILES string of the molecule is COc1ccccc1-c1ccccc1C=C1SC(=S)N(CCCC(=O)O)C1=O. The molecule has 3 rings (SSSR count). The third-order valence-electron chi connectivity index (χ3n) is 4.29. The number of carboxylic acids is 1. The van der Waals surface area contributed by atoms with Crippen LogP contribution in [0.5, 0.6) is 5.75 Å². The summed E-state index contributed by atoms with van der Waals surface area (Å²) in [6.45, 7) is 0.308. The number of nitrogens with zero attached hydrogens (tertiary/aromatic N) is 1. The summed E-state index contributed by atoms with van der Waals surface area (Å²) < 4.78 is 5.93. The number of hydrogen-bond acceptors (Lipinski definition) is 5. The molecule has 0 aromatic heterocycles. The Kier molecular flexibility index (Phi) is 6.49. The molecular weight excluding hydrogens is 394 g/mol. The van der Waals surface area contributed by atoms with Crippen LogP contribution in [0.3, 0.4) is 0 Å². The Morgan fingerprint density at radius 1 is 1.18 bits per heavy atom. The predicted molar refractivity (Wildman–Crippen MR) is 115 cm³/mol. The molecule has 1 N–H and O–H groups in total. The smallest absolute Gasteiger partial charge is 0.303 e. The number of carbonyl (C=O) groups is 2. The number of carboxylic acid groups (broad SMARTS) is 1. The van der Waals surface area contributed by atoms with Gasteiger partial charge in [-0.2, -0.15) is 0 Å². The molecule has 0 spiro atoms. The number of methoxy groups -OCH3 is 1. The van der Waals surface area contributed by atoms with E-state index in [-0.39, 0.29) is 12.3 Å². The van der Waals surface area contributed by atoms with E-state index in [1.165, 1.54) is 16.7 Å². The maximum absolute atomic E-state index is 12.7. The van der Waals surface area contributed by atoms with Gasteiger partial charge in [-0.3, -0.25) is 14.5 Å². The Morgan fingerprint density at radius 3 is 2.57 bits per heavy atom. The van der Waals surface area contributed by atoms with Crippen molar-refractivity contribution in [2.75, 3.05) is 13.7 Å². The minimum Gasteiger partial charge on any atom is -0.496 e. The standard InChI is InChI=1S/C21H19NO4S2/c1-26-17-10-5-4-9-16(17)15-8-3-2-7-14(15)13-18-20(25)22(21(27)28-18)12-6-11-19(23)24/h2-5,7-10,13H,6,11-12H2,1H3,(H,23,24). The van der Waals surface area contributed by atoms with Crippen molar-refractivity contribution >= 4 is 46.3 Å². The number of amides is 1. The fraction of sp³-hybridized carbons (Fsp3) is 0.190. The summed E-state index contributed by atoms with van der Waals surface area (Å²) in [5, 5.41) is 8.78. The summed E-state index contributed by atoms with van der Waals surface area (Å²) in [6, 6.07) is 15.5. The first-order valence-corrected chi connectivity index (χ1v) is 9.93. The van der Waals surface area contributed by atoms with Gasteiger partial charge in [-0.15, -0.1) is 0 Å². The average molecular weight is 414 g/mol. The van der Waals surface area contributed by atoms with E-state index in [1.807, 2.05) is 54.6 Å². The molecule has 0 unspecified atom stereocenters. The molecule has 1 saturated heterocycles. The Morgan fingerprint density at radius 2 is 1.86 bits per heavy atom. The van der Waals surface area contributed by atoms with E-state index < -0.39 is 5.97 Å². The first kappa shape index (κ1) is 20.1. The zero-order valence-electron chi connectivity index (χ0n) is 15.3. The lowest BCUT2D eigenvalue weighted by atomic mass is 9.98. The Balaban J connectivity index is 1.89. The largest absolute Gasteiger partial charge is 0.496 e. The van der Waals surface area contributed by atoms with Crippen molar-refractivity contribution in [3.8, 4) is 16.9 Å². The molecule has 2 aromatic carbocycles. The highest BCUT2D eigenvalue weighted by Crippen LogP contribution is 2.37. The van der Waals surface area contributed by atoms with Gasteiger partial charge in [-0.25, -0.2) is 0 Å². The molecule has 144 valence electrons. The van der Waals surface area contributed by atoms with Crippen molar-refractivity contribution in [2.24, 2.45) is 0 Å². The molecule has 0 atom stereocenters. The third kappa shape index (κ3) is 4.43. The van der Waals surface area contributed by atoms with Gasteiger partial charge in [0.2, 0.25) is 0 Å². The summed E-state index contributed by atoms with van der Waals surface area (Å²) in [5.41, 5.74) is 2.78. The van der Waals surface area contributed by atoms with E-state index in [4.69, 9.17) is 22.1 Å². The minimum atomic E-state index is -0.883. The van der Waals surface area contributed by atoms with Crippen LogP contribution < -0.4 is 4.74 Å². The number of rotatable bonds is 7. The summed E-state index contributed by atoms with van der Waals surface area (Å²) in [4.78, 5) is 25.5. The van der Waals surface area contributed by atoms with Crippen LogP contribution in [0.1, 0.15) is 18.4 Å². The summed E-state index contributed by atoms with van der Waals surface area (Å²) >= 11 is 6.56. The number of hydrogen-bond donors (Lipinski definition) is 1. The molecule has 0 radical (unpaired) electrons. The van der Waals surface area contributed by atoms with Gasteiger partial charge in [0, 0.05) is 18.5 Å². The second-order valence-corrected chi connectivity index (χ2v) is 7.79. The summed E-state index contributed by atoms with van der Waals surface area (Å²) in [5.74, 6) is -0.313. The summed E-state index contributed by atoms with van der Waals surface area (Å²) in [7, 11) is 1.63. The van der Waals surface area contributed by atoms with Crippen molar-refractivity contribution in [2.45, 2.75) is 12.8 Å². The van der Waals surface area contributed by atoms with E-state index >= 15 is 0 Å². The van der Waals surface area contributed by atoms with Crippen LogP contribution in [0.2, 0.25) is 0 Å². The van der Waals surface area contributed by atoms with Crippen LogP contribution in [0, 0.1) is 0 Å². The van der Waals surface area contributed by atoms with Crippen molar-refractivity contribution < 1.29 is 19.4 Å². The lowest BCUT2D eigenvalue weighted by Gasteiger charge is -2.13. The maximum atomic E-state index is 12.7. The molecule has 2 aromatic rings. The summed E-state index contributed by atoms with van der Waals surface area (Å²) in [6.07, 6.45) is 2.21. The van der Waals surface area contributed by atoms with Crippen LogP contribution >= 0.6 is 24.0 Å². The molecule has 1 fully saturated rings. The first-order valence-electron chi connectivity index (χ1n) is 8.71. The zero-order chi connectivity index (χ0) is 20.1. The second-order valence-electron chi connectivity index (χ2n) is 6.12. The normalized spacial score (nSPS) is 15.3. The number of thioether (sulfide) groups is 1. The van der Waals surface area contributed by atoms with E-state index in [2.05, 4.69) is 0 Å². The fourth-order valence-corrected chi connectivity index (χ4v) is 4.26. The monoisotopic (exact) mass is 413 g/mol. The molecule has 0 aliphatic carbocycles. The van der Waals surface area contributed by atoms with Crippen molar-refractivity contribution in [1.29, 1.82) is 0 Å². The van der Waals surface area contributed by atoms with Crippen LogP contribution in [0.25, 0.3) is 17.2 Å². The number of thiocarbonyl (C=S) groups is 1. The highest BCUT2D eigenvalue weighted by atomic mass is 32.2. The third-order valence-corrected chi connectivity index (χ3v) is 5.67. The number of benzene rings is 2. The molecular formula is C21H19NO4S2. The van der Waals surface area contributed by atoms with Gasteiger partial charge >= 0.3 is 5.97 Å². The van der Waals surface area contributed by atoms with Gasteiger partial charge in [-0.1, -0.05) is 66.4 Å². The van der Waals surface area contributed by atoms with Crippen LogP contribution in [0.4, 0.5) is 0 Å². The van der Waals surface area contributed by atoms with Crippen molar-refractivity contribution in [3.63, 3.8) is 0 Å². The van der Waals surface area contributed by atoms with E-state index in [1.54, 1.807) is 7.11 Å². The highest BCUT2D eigenvalue weighted by Gasteiger charge is 2.31. The zero-order valence-corrected chi connectivity index (χ0v) is 16.9. The molecule has 0 saturated carbocycles. The van der Waals surface area contributed by atoms with Crippen molar-refractivity contribution in [3.05, 3.63) is 59.0 Å². The van der Waals surface area contributed by atoms with Gasteiger partial charge in [0.1, 0.15) is 10.1 Å². The van der Waals surface area contributed by atoms with Crippen molar-refractivity contribution in [1.82, 2.24) is 4.90 Å². The first-order chi connectivity index (χ1) is 13.5. The molecule has 5 nitrogen and oxygen atoms in total. The highest BCUT2D eigenvalue weighted by molar-refractivity contribution is 8.26. The Bertz CT molecular complexity index is 955. The molecule has 0 bridgehead atoms. The number of para-hydroxylation sites is 1. The molecule has 1 aliphatic heterocycles. The van der Waals surface area contributed by atoms with Gasteiger partial charge in [-0.05, 0) is 29.7 Å². The minimum absolute atomic E-state index is 0.00669. The van der Waals surface area contributed by atoms with Gasteiger partial charge in [0.15, 0.2) is 0 Å². The molecule has 7 heteroatoms. The van der Waals surface area contributed by atoms with E-state index in [0.29, 0.717) is 22.2 Å². The lowest BCUT2D eigenvalue weighted by Crippen LogP contribution is -2.29. The van der Waals surface area contributed by atoms with E-state index in [9.17, 15) is 9.59 Å². The number of aliphatic carboxylic acids is 1. The topological polar surface area (TPSA) is 66.8 Å². The number of carbonyl (C=O) groups excluding carboxylic acids is 1. The molecule has 1 aliphatic rings. The van der Waals surface area contributed by atoms with Crippen LogP contribution in [-0.4, -0.2) is 39.9 Å². The molecule has 28 heavy (non-hydrogen) atoms. The lowest BCUT2D eigenvalue weighted by molar-refractivity contribution is -0.137. The average Bonchev–Trinajstić information content (AvgIpc) is 2.95. The van der Waals surface area contributed by atoms with Crippen LogP contribution in [0.15, 0.2) is 53.4 Å². The van der Waals surface area contributed by atoms with Gasteiger partial charge < -0.3 is 9.84 Å². The maximum Gasteiger partial charge on any atom is 0.303 e. The molecule has 1 amide bonds. The quantitative estimate of drug-likeness (QED) is 0.535. The predicted octanol–water partition coefficient (Wildman–Crippen LogP) is 4.43.